The predicted octanol–water partition coefficient (Wildman–Crippen LogP) is 1.98. The van der Waals surface area contributed by atoms with Crippen molar-refractivity contribution >= 4 is 11.6 Å². The van der Waals surface area contributed by atoms with Gasteiger partial charge in [0.15, 0.2) is 0 Å². The zero-order valence-corrected chi connectivity index (χ0v) is 9.08. The highest BCUT2D eigenvalue weighted by molar-refractivity contribution is 5.99. The molecule has 80 valence electrons. The number of anilines is 1. The minimum Gasteiger partial charge on any atom is -0.326 e. The molecule has 2 aliphatic rings. The van der Waals surface area contributed by atoms with E-state index in [0.717, 1.165) is 17.7 Å². The van der Waals surface area contributed by atoms with Crippen LogP contribution in [-0.4, -0.2) is 5.91 Å². The minimum absolute atomic E-state index is 0.00934. The van der Waals surface area contributed by atoms with Gasteiger partial charge in [-0.25, -0.2) is 0 Å². The number of nitriles is 1. The van der Waals surface area contributed by atoms with E-state index >= 15 is 0 Å². The fourth-order valence-corrected chi connectivity index (χ4v) is 2.46. The Morgan fingerprint density at radius 2 is 2.38 bits per heavy atom. The van der Waals surface area contributed by atoms with Crippen LogP contribution in [0.5, 0.6) is 0 Å². The second kappa shape index (κ2) is 2.85. The van der Waals surface area contributed by atoms with Gasteiger partial charge in [-0.3, -0.25) is 4.79 Å². The lowest BCUT2D eigenvalue weighted by Gasteiger charge is -2.10. The van der Waals surface area contributed by atoms with Gasteiger partial charge in [0.1, 0.15) is 0 Å². The Labute approximate surface area is 94.1 Å². The molecule has 2 atom stereocenters. The Bertz CT molecular complexity index is 529. The van der Waals surface area contributed by atoms with Gasteiger partial charge in [0.05, 0.1) is 18.4 Å². The maximum absolute atomic E-state index is 11.2. The molecule has 1 aliphatic heterocycles. The van der Waals surface area contributed by atoms with Gasteiger partial charge in [0.2, 0.25) is 5.91 Å². The summed E-state index contributed by atoms with van der Waals surface area (Å²) in [6.07, 6.45) is 1.40. The molecule has 3 rings (SSSR count). The number of nitrogens with zero attached hydrogens (tertiary/aromatic N) is 1. The van der Waals surface area contributed by atoms with Gasteiger partial charge in [-0.1, -0.05) is 19.1 Å². The molecule has 1 amide bonds. The van der Waals surface area contributed by atoms with Crippen molar-refractivity contribution in [2.24, 2.45) is 5.92 Å². The third-order valence-corrected chi connectivity index (χ3v) is 3.78. The monoisotopic (exact) mass is 212 g/mol. The van der Waals surface area contributed by atoms with Crippen LogP contribution in [0.3, 0.4) is 0 Å². The number of carbonyl (C=O) groups is 1. The summed E-state index contributed by atoms with van der Waals surface area (Å²) in [5, 5.41) is 11.7. The van der Waals surface area contributed by atoms with Gasteiger partial charge < -0.3 is 5.32 Å². The lowest BCUT2D eigenvalue weighted by atomic mass is 9.93. The van der Waals surface area contributed by atoms with Crippen molar-refractivity contribution in [2.75, 3.05) is 5.32 Å². The largest absolute Gasteiger partial charge is 0.326 e. The Morgan fingerprint density at radius 1 is 1.56 bits per heavy atom. The van der Waals surface area contributed by atoms with Crippen molar-refractivity contribution in [3.05, 3.63) is 29.3 Å². The Morgan fingerprint density at radius 3 is 3.06 bits per heavy atom. The normalized spacial score (nSPS) is 30.5. The summed E-state index contributed by atoms with van der Waals surface area (Å²) in [7, 11) is 0. The van der Waals surface area contributed by atoms with Crippen molar-refractivity contribution in [2.45, 2.75) is 25.2 Å². The van der Waals surface area contributed by atoms with Crippen LogP contribution in [0.2, 0.25) is 0 Å². The molecule has 1 aromatic carbocycles. The third kappa shape index (κ3) is 1.16. The zero-order chi connectivity index (χ0) is 11.3. The smallest absolute Gasteiger partial charge is 0.228 e. The van der Waals surface area contributed by atoms with Crippen molar-refractivity contribution < 1.29 is 4.79 Å². The van der Waals surface area contributed by atoms with Crippen LogP contribution in [0.4, 0.5) is 5.69 Å². The first kappa shape index (κ1) is 9.41. The quantitative estimate of drug-likeness (QED) is 0.773. The molecule has 0 bridgehead atoms. The van der Waals surface area contributed by atoms with E-state index in [9.17, 15) is 4.79 Å². The van der Waals surface area contributed by atoms with Crippen LogP contribution in [0.1, 0.15) is 24.5 Å². The predicted molar refractivity (Wildman–Crippen MR) is 59.8 cm³/mol. The lowest BCUT2D eigenvalue weighted by molar-refractivity contribution is -0.115. The highest BCUT2D eigenvalue weighted by Crippen LogP contribution is 2.54. The van der Waals surface area contributed by atoms with E-state index in [-0.39, 0.29) is 17.2 Å². The van der Waals surface area contributed by atoms with E-state index < -0.39 is 0 Å². The summed E-state index contributed by atoms with van der Waals surface area (Å²) in [5.74, 6) is 0.195. The average Bonchev–Trinajstić information content (AvgIpc) is 2.80. The molecule has 3 heteroatoms. The highest BCUT2D eigenvalue weighted by Gasteiger charge is 2.51. The Balaban J connectivity index is 1.98. The molecular weight excluding hydrogens is 200 g/mol. The molecule has 1 N–H and O–H groups in total. The molecule has 2 unspecified atom stereocenters. The van der Waals surface area contributed by atoms with E-state index in [4.69, 9.17) is 5.26 Å². The van der Waals surface area contributed by atoms with Crippen molar-refractivity contribution in [1.29, 1.82) is 5.26 Å². The van der Waals surface area contributed by atoms with Gasteiger partial charge in [-0.15, -0.1) is 0 Å². The van der Waals surface area contributed by atoms with E-state index in [1.165, 1.54) is 5.56 Å². The van der Waals surface area contributed by atoms with Crippen LogP contribution < -0.4 is 5.32 Å². The van der Waals surface area contributed by atoms with Gasteiger partial charge >= 0.3 is 0 Å². The fourth-order valence-electron chi connectivity index (χ4n) is 2.46. The molecule has 3 nitrogen and oxygen atoms in total. The second-order valence-electron chi connectivity index (χ2n) is 4.90. The van der Waals surface area contributed by atoms with Crippen LogP contribution in [0.15, 0.2) is 18.2 Å². The molecule has 1 aromatic rings. The number of benzene rings is 1. The molecule has 0 spiro atoms. The van der Waals surface area contributed by atoms with Gasteiger partial charge in [-0.2, -0.15) is 5.26 Å². The van der Waals surface area contributed by atoms with E-state index in [1.54, 1.807) is 0 Å². The summed E-state index contributed by atoms with van der Waals surface area (Å²) >= 11 is 0. The summed E-state index contributed by atoms with van der Waals surface area (Å²) in [6.45, 7) is 2.12. The minimum atomic E-state index is 0.00934. The first-order valence-corrected chi connectivity index (χ1v) is 5.46. The molecule has 1 heterocycles. The molecule has 0 saturated heterocycles. The van der Waals surface area contributed by atoms with Crippen molar-refractivity contribution in [3.8, 4) is 6.07 Å². The van der Waals surface area contributed by atoms with Crippen LogP contribution >= 0.6 is 0 Å². The number of rotatable bonds is 1. The van der Waals surface area contributed by atoms with Gasteiger partial charge in [0.25, 0.3) is 0 Å². The molecule has 1 aliphatic carbocycles. The summed E-state index contributed by atoms with van der Waals surface area (Å²) in [4.78, 5) is 11.2. The number of nitrogens with one attached hydrogen (secondary N) is 1. The van der Waals surface area contributed by atoms with Crippen LogP contribution in [0.25, 0.3) is 0 Å². The molecule has 1 saturated carbocycles. The lowest BCUT2D eigenvalue weighted by Crippen LogP contribution is -2.03. The summed E-state index contributed by atoms with van der Waals surface area (Å²) in [5.41, 5.74) is 3.18. The number of hydrogen-bond acceptors (Lipinski definition) is 2. The average molecular weight is 212 g/mol. The molecule has 16 heavy (non-hydrogen) atoms. The Hall–Kier alpha value is -1.82. The maximum atomic E-state index is 11.2. The number of hydrogen-bond donors (Lipinski definition) is 1. The second-order valence-corrected chi connectivity index (χ2v) is 4.90. The molecule has 0 aromatic heterocycles. The topological polar surface area (TPSA) is 52.9 Å². The van der Waals surface area contributed by atoms with E-state index in [1.807, 2.05) is 12.1 Å². The number of carbonyl (C=O) groups excluding carboxylic acids is 1. The highest BCUT2D eigenvalue weighted by atomic mass is 16.1. The molecule has 0 radical (unpaired) electrons. The zero-order valence-electron chi connectivity index (χ0n) is 9.08. The van der Waals surface area contributed by atoms with Crippen molar-refractivity contribution in [3.63, 3.8) is 0 Å². The number of fused-ring (bicyclic) bond motifs is 1. The summed E-state index contributed by atoms with van der Waals surface area (Å²) in [6, 6.07) is 8.38. The third-order valence-electron chi connectivity index (χ3n) is 3.78. The maximum Gasteiger partial charge on any atom is 0.228 e. The number of amides is 1. The Kier molecular flexibility index (Phi) is 1.68. The fraction of sp³-hybridized carbons (Fsp3) is 0.385. The van der Waals surface area contributed by atoms with E-state index in [0.29, 0.717) is 6.42 Å². The molecule has 1 fully saturated rings. The first-order valence-electron chi connectivity index (χ1n) is 5.46. The van der Waals surface area contributed by atoms with Gasteiger partial charge in [0, 0.05) is 11.1 Å². The molecular formula is C13H12N2O. The standard InChI is InChI=1S/C13H12N2O/c1-13(6-10(13)7-14)9-2-3-11-8(4-9)5-12(16)15-11/h2-4,10H,5-6H2,1H3,(H,15,16). The van der Waals surface area contributed by atoms with Crippen molar-refractivity contribution in [1.82, 2.24) is 0 Å². The van der Waals surface area contributed by atoms with Crippen LogP contribution in [0, 0.1) is 17.2 Å². The SMILES string of the molecule is CC1(c2ccc3c(c2)CC(=O)N3)CC1C#N. The van der Waals surface area contributed by atoms with Gasteiger partial charge in [-0.05, 0) is 23.6 Å². The first-order chi connectivity index (χ1) is 7.63. The van der Waals surface area contributed by atoms with Crippen LogP contribution in [-0.2, 0) is 16.6 Å². The van der Waals surface area contributed by atoms with E-state index in [2.05, 4.69) is 24.4 Å². The summed E-state index contributed by atoms with van der Waals surface area (Å²) < 4.78 is 0.